The topological polar surface area (TPSA) is 75.1 Å². The number of hydrogen-bond acceptors (Lipinski definition) is 4. The summed E-state index contributed by atoms with van der Waals surface area (Å²) in [6.07, 6.45) is 1.64. The van der Waals surface area contributed by atoms with E-state index in [1.807, 2.05) is 36.4 Å². The van der Waals surface area contributed by atoms with Crippen LogP contribution in [-0.2, 0) is 17.9 Å². The van der Waals surface area contributed by atoms with Crippen LogP contribution in [0.4, 0.5) is 0 Å². The van der Waals surface area contributed by atoms with Gasteiger partial charge in [-0.05, 0) is 30.2 Å². The first-order valence-corrected chi connectivity index (χ1v) is 6.46. The number of carbonyl (C=O) groups is 1. The zero-order valence-electron chi connectivity index (χ0n) is 11.3. The van der Waals surface area contributed by atoms with Crippen LogP contribution >= 0.6 is 0 Å². The molecule has 1 atom stereocenters. The van der Waals surface area contributed by atoms with Crippen molar-refractivity contribution in [3.8, 4) is 0 Å². The highest BCUT2D eigenvalue weighted by atomic mass is 16.4. The normalized spacial score (nSPS) is 12.1. The van der Waals surface area contributed by atoms with Crippen molar-refractivity contribution in [1.29, 1.82) is 0 Å². The zero-order chi connectivity index (χ0) is 14.4. The average molecular weight is 271 g/mol. The highest BCUT2D eigenvalue weighted by Crippen LogP contribution is 2.15. The van der Waals surface area contributed by atoms with Gasteiger partial charge in [0.1, 0.15) is 0 Å². The molecule has 0 radical (unpaired) electrons. The summed E-state index contributed by atoms with van der Waals surface area (Å²) in [4.78, 5) is 10.9. The first-order valence-electron chi connectivity index (χ1n) is 6.46. The minimum atomic E-state index is -0.807. The fraction of sp³-hybridized carbons (Fsp3) is 0.267. The van der Waals surface area contributed by atoms with Gasteiger partial charge in [-0.25, -0.2) is 0 Å². The van der Waals surface area contributed by atoms with Crippen molar-refractivity contribution >= 4 is 5.97 Å². The Bertz CT molecular complexity index is 555. The van der Waals surface area contributed by atoms with Crippen molar-refractivity contribution in [3.63, 3.8) is 0 Å². The number of carboxylic acids is 1. The van der Waals surface area contributed by atoms with Gasteiger partial charge in [-0.15, -0.1) is 0 Å². The molecular weight excluding hydrogens is 254 g/mol. The molecule has 0 aliphatic heterocycles. The molecule has 2 rings (SSSR count). The molecule has 1 heterocycles. The Morgan fingerprint density at radius 1 is 1.25 bits per heavy atom. The first kappa shape index (κ1) is 14.1. The van der Waals surface area contributed by atoms with Crippen LogP contribution in [-0.4, -0.2) is 21.3 Å². The predicted molar refractivity (Wildman–Crippen MR) is 75.1 cm³/mol. The van der Waals surface area contributed by atoms with Crippen LogP contribution in [0.5, 0.6) is 0 Å². The van der Waals surface area contributed by atoms with Crippen molar-refractivity contribution in [3.05, 3.63) is 59.4 Å². The van der Waals surface area contributed by atoms with Crippen LogP contribution in [0.15, 0.2) is 42.6 Å². The quantitative estimate of drug-likeness (QED) is 0.840. The molecule has 0 saturated carbocycles. The Kier molecular flexibility index (Phi) is 4.79. The highest BCUT2D eigenvalue weighted by molar-refractivity contribution is 5.75. The van der Waals surface area contributed by atoms with E-state index in [1.165, 1.54) is 0 Å². The van der Waals surface area contributed by atoms with Crippen molar-refractivity contribution in [2.75, 3.05) is 0 Å². The van der Waals surface area contributed by atoms with Gasteiger partial charge < -0.3 is 10.4 Å². The summed E-state index contributed by atoms with van der Waals surface area (Å²) in [5.74, 6) is -1.28. The number of aliphatic carboxylic acids is 1. The molecule has 0 fully saturated rings. The molecule has 0 aliphatic rings. The Morgan fingerprint density at radius 3 is 2.60 bits per heavy atom. The Labute approximate surface area is 117 Å². The number of benzene rings is 1. The van der Waals surface area contributed by atoms with E-state index in [1.54, 1.807) is 13.1 Å². The maximum absolute atomic E-state index is 10.9. The van der Waals surface area contributed by atoms with Gasteiger partial charge in [0.15, 0.2) is 0 Å². The lowest BCUT2D eigenvalue weighted by atomic mass is 10.0. The summed E-state index contributed by atoms with van der Waals surface area (Å²) in [5.41, 5.74) is 2.81. The fourth-order valence-corrected chi connectivity index (χ4v) is 1.83. The molecule has 2 N–H and O–H groups in total. The summed E-state index contributed by atoms with van der Waals surface area (Å²) in [6, 6.07) is 11.4. The molecule has 0 spiro atoms. The summed E-state index contributed by atoms with van der Waals surface area (Å²) in [7, 11) is 0. The van der Waals surface area contributed by atoms with Crippen LogP contribution in [0.1, 0.15) is 29.7 Å². The number of nitrogens with zero attached hydrogens (tertiary/aromatic N) is 2. The van der Waals surface area contributed by atoms with E-state index in [9.17, 15) is 4.79 Å². The third kappa shape index (κ3) is 3.86. The molecule has 1 aromatic heterocycles. The second kappa shape index (κ2) is 6.77. The molecule has 2 aromatic rings. The monoisotopic (exact) mass is 271 g/mol. The molecule has 5 heteroatoms. The van der Waals surface area contributed by atoms with Gasteiger partial charge in [0, 0.05) is 19.3 Å². The molecule has 0 amide bonds. The van der Waals surface area contributed by atoms with Crippen molar-refractivity contribution in [2.24, 2.45) is 0 Å². The third-order valence-corrected chi connectivity index (χ3v) is 3.11. The number of rotatable bonds is 6. The van der Waals surface area contributed by atoms with Crippen molar-refractivity contribution < 1.29 is 9.90 Å². The number of hydrogen-bond donors (Lipinski definition) is 2. The highest BCUT2D eigenvalue weighted by Gasteiger charge is 2.12. The van der Waals surface area contributed by atoms with E-state index < -0.39 is 11.9 Å². The molecular formula is C15H17N3O2. The first-order chi connectivity index (χ1) is 9.66. The lowest BCUT2D eigenvalue weighted by Gasteiger charge is -2.08. The van der Waals surface area contributed by atoms with Crippen LogP contribution in [0, 0.1) is 0 Å². The van der Waals surface area contributed by atoms with Gasteiger partial charge in [0.25, 0.3) is 0 Å². The van der Waals surface area contributed by atoms with Gasteiger partial charge >= 0.3 is 5.97 Å². The van der Waals surface area contributed by atoms with Crippen LogP contribution in [0.2, 0.25) is 0 Å². The van der Waals surface area contributed by atoms with Crippen LogP contribution in [0.3, 0.4) is 0 Å². The van der Waals surface area contributed by atoms with Gasteiger partial charge in [0.05, 0.1) is 11.6 Å². The minimum Gasteiger partial charge on any atom is -0.481 e. The standard InChI is InChI=1S/C15H17N3O2/c1-11(15(19)20)13-6-4-12(5-7-13)9-16-10-14-3-2-8-17-18-14/h2-8,11,16H,9-10H2,1H3,(H,19,20). The van der Waals surface area contributed by atoms with E-state index in [4.69, 9.17) is 5.11 Å². The molecule has 1 aromatic carbocycles. The van der Waals surface area contributed by atoms with E-state index in [0.29, 0.717) is 13.1 Å². The van der Waals surface area contributed by atoms with Crippen molar-refractivity contribution in [1.82, 2.24) is 15.5 Å². The molecule has 1 unspecified atom stereocenters. The fourth-order valence-electron chi connectivity index (χ4n) is 1.83. The minimum absolute atomic E-state index is 0.475. The Hall–Kier alpha value is -2.27. The second-order valence-electron chi connectivity index (χ2n) is 4.62. The zero-order valence-corrected chi connectivity index (χ0v) is 11.3. The molecule has 104 valence electrons. The van der Waals surface area contributed by atoms with Gasteiger partial charge in [0.2, 0.25) is 0 Å². The molecule has 0 bridgehead atoms. The average Bonchev–Trinajstić information content (AvgIpc) is 2.48. The van der Waals surface area contributed by atoms with E-state index in [-0.39, 0.29) is 0 Å². The largest absolute Gasteiger partial charge is 0.481 e. The summed E-state index contributed by atoms with van der Waals surface area (Å²) < 4.78 is 0. The molecule has 20 heavy (non-hydrogen) atoms. The summed E-state index contributed by atoms with van der Waals surface area (Å²) in [6.45, 7) is 3.04. The van der Waals surface area contributed by atoms with Gasteiger partial charge in [-0.3, -0.25) is 4.79 Å². The maximum Gasteiger partial charge on any atom is 0.310 e. The number of carboxylic acid groups (broad SMARTS) is 1. The van der Waals surface area contributed by atoms with Gasteiger partial charge in [-0.2, -0.15) is 10.2 Å². The van der Waals surface area contributed by atoms with Crippen LogP contribution in [0.25, 0.3) is 0 Å². The van der Waals surface area contributed by atoms with Gasteiger partial charge in [-0.1, -0.05) is 24.3 Å². The van der Waals surface area contributed by atoms with E-state index in [0.717, 1.165) is 16.8 Å². The predicted octanol–water partition coefficient (Wildman–Crippen LogP) is 1.95. The molecule has 0 saturated heterocycles. The summed E-state index contributed by atoms with van der Waals surface area (Å²) in [5, 5.41) is 20.0. The van der Waals surface area contributed by atoms with Crippen LogP contribution < -0.4 is 5.32 Å². The summed E-state index contributed by atoms with van der Waals surface area (Å²) >= 11 is 0. The molecule has 0 aliphatic carbocycles. The Balaban J connectivity index is 1.86. The number of nitrogens with one attached hydrogen (secondary N) is 1. The van der Waals surface area contributed by atoms with E-state index >= 15 is 0 Å². The number of aromatic nitrogens is 2. The Morgan fingerprint density at radius 2 is 2.00 bits per heavy atom. The molecule has 5 nitrogen and oxygen atoms in total. The lowest BCUT2D eigenvalue weighted by Crippen LogP contribution is -2.14. The SMILES string of the molecule is CC(C(=O)O)c1ccc(CNCc2cccnn2)cc1. The van der Waals surface area contributed by atoms with Crippen molar-refractivity contribution in [2.45, 2.75) is 25.9 Å². The maximum atomic E-state index is 10.9. The van der Waals surface area contributed by atoms with E-state index in [2.05, 4.69) is 15.5 Å². The third-order valence-electron chi connectivity index (χ3n) is 3.11. The lowest BCUT2D eigenvalue weighted by molar-refractivity contribution is -0.138. The second-order valence-corrected chi connectivity index (χ2v) is 4.62. The smallest absolute Gasteiger partial charge is 0.310 e.